The van der Waals surface area contributed by atoms with Gasteiger partial charge in [0.2, 0.25) is 0 Å². The van der Waals surface area contributed by atoms with Crippen molar-refractivity contribution in [3.8, 4) is 11.4 Å². The summed E-state index contributed by atoms with van der Waals surface area (Å²) in [6.45, 7) is 1.94. The molecule has 1 aromatic carbocycles. The third-order valence-electron chi connectivity index (χ3n) is 2.23. The second-order valence-electron chi connectivity index (χ2n) is 3.40. The minimum atomic E-state index is 0.506. The number of anilines is 1. The molecule has 0 fully saturated rings. The molecule has 2 N–H and O–H groups in total. The first-order valence-electron chi connectivity index (χ1n) is 5.12. The molecule has 2 rings (SSSR count). The van der Waals surface area contributed by atoms with E-state index in [1.807, 2.05) is 49.4 Å². The molecular weight excluding hydrogens is 198 g/mol. The van der Waals surface area contributed by atoms with E-state index in [4.69, 9.17) is 5.73 Å². The summed E-state index contributed by atoms with van der Waals surface area (Å²) in [5.74, 6) is 1.17. The zero-order valence-corrected chi connectivity index (χ0v) is 9.09. The van der Waals surface area contributed by atoms with Crippen LogP contribution in [0, 0.1) is 0 Å². The van der Waals surface area contributed by atoms with Crippen molar-refractivity contribution >= 4 is 11.9 Å². The Morgan fingerprint density at radius 1 is 1.19 bits per heavy atom. The monoisotopic (exact) mass is 211 g/mol. The fourth-order valence-corrected chi connectivity index (χ4v) is 1.44. The Bertz CT molecular complexity index is 504. The molecule has 16 heavy (non-hydrogen) atoms. The Balaban J connectivity index is 2.42. The molecule has 3 nitrogen and oxygen atoms in total. The average molecular weight is 211 g/mol. The summed E-state index contributed by atoms with van der Waals surface area (Å²) in [6, 6.07) is 9.79. The number of nitrogens with two attached hydrogens (primary N) is 1. The van der Waals surface area contributed by atoms with E-state index in [0.717, 1.165) is 11.1 Å². The van der Waals surface area contributed by atoms with Crippen molar-refractivity contribution in [3.63, 3.8) is 0 Å². The molecule has 0 saturated carbocycles. The highest BCUT2D eigenvalue weighted by Crippen LogP contribution is 2.17. The van der Waals surface area contributed by atoms with E-state index < -0.39 is 0 Å². The highest BCUT2D eigenvalue weighted by atomic mass is 14.9. The van der Waals surface area contributed by atoms with Crippen molar-refractivity contribution in [1.29, 1.82) is 0 Å². The van der Waals surface area contributed by atoms with Crippen LogP contribution in [0.25, 0.3) is 17.5 Å². The van der Waals surface area contributed by atoms with Gasteiger partial charge in [0.1, 0.15) is 5.82 Å². The van der Waals surface area contributed by atoms with E-state index in [1.54, 1.807) is 6.20 Å². The summed E-state index contributed by atoms with van der Waals surface area (Å²) in [7, 11) is 0. The number of nitrogen functional groups attached to an aromatic ring is 1. The molecular formula is C13H13N3. The molecule has 0 radical (unpaired) electrons. The number of allylic oxidation sites excluding steroid dienone is 1. The Morgan fingerprint density at radius 2 is 1.94 bits per heavy atom. The second kappa shape index (κ2) is 4.57. The van der Waals surface area contributed by atoms with E-state index in [2.05, 4.69) is 9.97 Å². The second-order valence-corrected chi connectivity index (χ2v) is 3.40. The van der Waals surface area contributed by atoms with E-state index in [9.17, 15) is 0 Å². The molecule has 0 saturated heterocycles. The number of benzene rings is 1. The summed E-state index contributed by atoms with van der Waals surface area (Å²) in [5.41, 5.74) is 7.67. The molecule has 0 atom stereocenters. The molecule has 2 aromatic rings. The number of rotatable bonds is 2. The lowest BCUT2D eigenvalue weighted by atomic mass is 10.2. The minimum Gasteiger partial charge on any atom is -0.383 e. The Hall–Kier alpha value is -2.16. The first-order chi connectivity index (χ1) is 7.81. The summed E-state index contributed by atoms with van der Waals surface area (Å²) < 4.78 is 0. The van der Waals surface area contributed by atoms with Crippen molar-refractivity contribution < 1.29 is 0 Å². The quantitative estimate of drug-likeness (QED) is 0.831. The van der Waals surface area contributed by atoms with E-state index in [1.165, 1.54) is 0 Å². The van der Waals surface area contributed by atoms with Crippen LogP contribution >= 0.6 is 0 Å². The van der Waals surface area contributed by atoms with Gasteiger partial charge >= 0.3 is 0 Å². The first kappa shape index (κ1) is 10.4. The molecule has 1 aromatic heterocycles. The summed E-state index contributed by atoms with van der Waals surface area (Å²) in [5, 5.41) is 0. The van der Waals surface area contributed by atoms with Crippen LogP contribution in [0.15, 0.2) is 42.6 Å². The Kier molecular flexibility index (Phi) is 2.96. The molecule has 3 heteroatoms. The fourth-order valence-electron chi connectivity index (χ4n) is 1.44. The van der Waals surface area contributed by atoms with Gasteiger partial charge in [-0.2, -0.15) is 0 Å². The predicted octanol–water partition coefficient (Wildman–Crippen LogP) is 2.76. The van der Waals surface area contributed by atoms with Gasteiger partial charge in [-0.1, -0.05) is 42.5 Å². The van der Waals surface area contributed by atoms with Crippen LogP contribution in [-0.2, 0) is 0 Å². The molecule has 0 aliphatic heterocycles. The zero-order valence-electron chi connectivity index (χ0n) is 9.09. The lowest BCUT2D eigenvalue weighted by Crippen LogP contribution is -1.98. The van der Waals surface area contributed by atoms with E-state index in [-0.39, 0.29) is 0 Å². The van der Waals surface area contributed by atoms with Gasteiger partial charge in [0.25, 0.3) is 0 Å². The van der Waals surface area contributed by atoms with Gasteiger partial charge in [0.15, 0.2) is 5.82 Å². The van der Waals surface area contributed by atoms with Crippen LogP contribution in [0.4, 0.5) is 5.82 Å². The molecule has 80 valence electrons. The largest absolute Gasteiger partial charge is 0.383 e. The van der Waals surface area contributed by atoms with Gasteiger partial charge in [-0.05, 0) is 6.92 Å². The number of hydrogen-bond acceptors (Lipinski definition) is 3. The molecule has 0 aliphatic carbocycles. The van der Waals surface area contributed by atoms with Gasteiger partial charge in [-0.3, -0.25) is 0 Å². The third kappa shape index (κ3) is 2.08. The molecule has 0 unspecified atom stereocenters. The lowest BCUT2D eigenvalue weighted by molar-refractivity contribution is 1.18. The van der Waals surface area contributed by atoms with Gasteiger partial charge in [-0.15, -0.1) is 0 Å². The van der Waals surface area contributed by atoms with Crippen LogP contribution in [0.3, 0.4) is 0 Å². The van der Waals surface area contributed by atoms with Gasteiger partial charge in [0, 0.05) is 17.3 Å². The maximum absolute atomic E-state index is 5.84. The molecule has 0 bridgehead atoms. The van der Waals surface area contributed by atoms with Gasteiger partial charge in [-0.25, -0.2) is 9.97 Å². The fraction of sp³-hybridized carbons (Fsp3) is 0.0769. The van der Waals surface area contributed by atoms with Gasteiger partial charge < -0.3 is 5.73 Å². The van der Waals surface area contributed by atoms with Crippen LogP contribution < -0.4 is 5.73 Å². The number of aromatic nitrogens is 2. The van der Waals surface area contributed by atoms with Gasteiger partial charge in [0.05, 0.1) is 0 Å². The third-order valence-corrected chi connectivity index (χ3v) is 2.23. The zero-order chi connectivity index (χ0) is 11.4. The lowest BCUT2D eigenvalue weighted by Gasteiger charge is -2.03. The maximum atomic E-state index is 5.84. The van der Waals surface area contributed by atoms with Crippen molar-refractivity contribution in [3.05, 3.63) is 48.2 Å². The highest BCUT2D eigenvalue weighted by Gasteiger charge is 2.03. The predicted molar refractivity (Wildman–Crippen MR) is 66.6 cm³/mol. The van der Waals surface area contributed by atoms with Crippen molar-refractivity contribution in [2.75, 3.05) is 5.73 Å². The first-order valence-corrected chi connectivity index (χ1v) is 5.12. The Labute approximate surface area is 94.7 Å². The molecule has 1 heterocycles. The van der Waals surface area contributed by atoms with Crippen molar-refractivity contribution in [2.24, 2.45) is 0 Å². The summed E-state index contributed by atoms with van der Waals surface area (Å²) >= 11 is 0. The van der Waals surface area contributed by atoms with Crippen molar-refractivity contribution in [2.45, 2.75) is 6.92 Å². The maximum Gasteiger partial charge on any atom is 0.161 e. The van der Waals surface area contributed by atoms with Crippen molar-refractivity contribution in [1.82, 2.24) is 9.97 Å². The minimum absolute atomic E-state index is 0.506. The Morgan fingerprint density at radius 3 is 2.56 bits per heavy atom. The summed E-state index contributed by atoms with van der Waals surface area (Å²) in [6.07, 6.45) is 5.55. The smallest absolute Gasteiger partial charge is 0.161 e. The average Bonchev–Trinajstić information content (AvgIpc) is 2.33. The highest BCUT2D eigenvalue weighted by molar-refractivity contribution is 5.64. The normalized spacial score (nSPS) is 10.8. The molecule has 0 spiro atoms. The number of hydrogen-bond donors (Lipinski definition) is 1. The van der Waals surface area contributed by atoms with Crippen LogP contribution in [0.5, 0.6) is 0 Å². The SMILES string of the molecule is CC=Cc1cnc(-c2ccccc2)nc1N. The van der Waals surface area contributed by atoms with Crippen LogP contribution in [0.2, 0.25) is 0 Å². The molecule has 0 aliphatic rings. The number of nitrogens with zero attached hydrogens (tertiary/aromatic N) is 2. The topological polar surface area (TPSA) is 51.8 Å². The molecule has 0 amide bonds. The van der Waals surface area contributed by atoms with E-state index in [0.29, 0.717) is 11.6 Å². The van der Waals surface area contributed by atoms with E-state index >= 15 is 0 Å². The van der Waals surface area contributed by atoms with Crippen LogP contribution in [-0.4, -0.2) is 9.97 Å². The standard InChI is InChI=1S/C13H13N3/c1-2-6-11-9-15-13(16-12(11)14)10-7-4-3-5-8-10/h2-9H,1H3,(H2,14,15,16). The van der Waals surface area contributed by atoms with Crippen LogP contribution in [0.1, 0.15) is 12.5 Å². The summed E-state index contributed by atoms with van der Waals surface area (Å²) in [4.78, 5) is 8.56.